The van der Waals surface area contributed by atoms with Crippen LogP contribution in [0.3, 0.4) is 0 Å². The molecule has 3 heterocycles. The number of rotatable bonds is 5. The Morgan fingerprint density at radius 1 is 0.643 bits per heavy atom. The Kier molecular flexibility index (Phi) is 6.14. The molecule has 0 radical (unpaired) electrons. The van der Waals surface area contributed by atoms with Crippen molar-refractivity contribution in [3.63, 3.8) is 0 Å². The topological polar surface area (TPSA) is 108 Å². The predicted molar refractivity (Wildman–Crippen MR) is 150 cm³/mol. The first-order valence-corrected chi connectivity index (χ1v) is 12.9. The highest BCUT2D eigenvalue weighted by atomic mass is 19.1. The van der Waals surface area contributed by atoms with E-state index in [2.05, 4.69) is 15.3 Å². The highest BCUT2D eigenvalue weighted by Crippen LogP contribution is 2.41. The fourth-order valence-electron chi connectivity index (χ4n) is 5.64. The fourth-order valence-corrected chi connectivity index (χ4v) is 5.64. The van der Waals surface area contributed by atoms with Gasteiger partial charge in [-0.2, -0.15) is 10.1 Å². The molecule has 212 valence electrons. The third kappa shape index (κ3) is 3.86. The molecular weight excluding hydrogens is 549 g/mol. The smallest absolute Gasteiger partial charge is 0.276 e. The van der Waals surface area contributed by atoms with E-state index in [4.69, 9.17) is 0 Å². The number of hydrogen-bond acceptors (Lipinski definition) is 4. The average molecular weight is 573 g/mol. The summed E-state index contributed by atoms with van der Waals surface area (Å²) >= 11 is 0. The summed E-state index contributed by atoms with van der Waals surface area (Å²) in [5.74, 6) is -2.60. The first-order valence-electron chi connectivity index (χ1n) is 12.9. The van der Waals surface area contributed by atoms with E-state index in [1.165, 1.54) is 61.5 Å². The van der Waals surface area contributed by atoms with Gasteiger partial charge in [0.15, 0.2) is 5.41 Å². The molecular formula is C30H23F3N6O3. The summed E-state index contributed by atoms with van der Waals surface area (Å²) in [6, 6.07) is 15.8. The molecule has 0 spiro atoms. The van der Waals surface area contributed by atoms with Crippen LogP contribution >= 0.6 is 0 Å². The van der Waals surface area contributed by atoms with Crippen LogP contribution in [-0.2, 0) is 10.2 Å². The van der Waals surface area contributed by atoms with Crippen LogP contribution in [0.25, 0.3) is 11.4 Å². The summed E-state index contributed by atoms with van der Waals surface area (Å²) in [5.41, 5.74) is -2.88. The number of carbonyl (C=O) groups excluding carboxylic acids is 1. The number of halogens is 3. The number of nitrogens with one attached hydrogen (secondary N) is 2. The van der Waals surface area contributed by atoms with Gasteiger partial charge in [-0.25, -0.2) is 22.5 Å². The van der Waals surface area contributed by atoms with Crippen molar-refractivity contribution in [3.8, 4) is 11.4 Å². The molecule has 2 aromatic heterocycles. The minimum absolute atomic E-state index is 0.0629. The van der Waals surface area contributed by atoms with E-state index in [9.17, 15) is 27.6 Å². The van der Waals surface area contributed by atoms with Gasteiger partial charge in [0.25, 0.3) is 17.0 Å². The summed E-state index contributed by atoms with van der Waals surface area (Å²) in [7, 11) is 0. The third-order valence-corrected chi connectivity index (χ3v) is 7.38. The quantitative estimate of drug-likeness (QED) is 0.326. The van der Waals surface area contributed by atoms with Crippen LogP contribution in [0.1, 0.15) is 29.4 Å². The van der Waals surface area contributed by atoms with Crippen LogP contribution in [0.5, 0.6) is 0 Å². The van der Waals surface area contributed by atoms with Gasteiger partial charge in [0.1, 0.15) is 17.5 Å². The molecule has 0 bridgehead atoms. The first-order chi connectivity index (χ1) is 20.0. The van der Waals surface area contributed by atoms with Gasteiger partial charge in [0.2, 0.25) is 0 Å². The maximum atomic E-state index is 14.6. The Balaban J connectivity index is 1.67. The number of aromatic nitrogens is 4. The van der Waals surface area contributed by atoms with Crippen molar-refractivity contribution < 1.29 is 18.0 Å². The van der Waals surface area contributed by atoms with Gasteiger partial charge in [-0.15, -0.1) is 0 Å². The number of aryl methyl sites for hydroxylation is 2. The van der Waals surface area contributed by atoms with E-state index in [-0.39, 0.29) is 45.3 Å². The summed E-state index contributed by atoms with van der Waals surface area (Å²) in [6.45, 7) is 4.59. The van der Waals surface area contributed by atoms with Gasteiger partial charge >= 0.3 is 0 Å². The van der Waals surface area contributed by atoms with Crippen LogP contribution < -0.4 is 16.1 Å². The lowest BCUT2D eigenvalue weighted by Gasteiger charge is -2.27. The van der Waals surface area contributed by atoms with Crippen molar-refractivity contribution in [1.82, 2.24) is 19.6 Å². The van der Waals surface area contributed by atoms with E-state index in [0.717, 1.165) is 32.6 Å². The van der Waals surface area contributed by atoms with Crippen molar-refractivity contribution in [3.05, 3.63) is 133 Å². The summed E-state index contributed by atoms with van der Waals surface area (Å²) in [4.78, 5) is 42.9. The second kappa shape index (κ2) is 9.61. The van der Waals surface area contributed by atoms with Crippen LogP contribution in [0, 0.1) is 31.3 Å². The van der Waals surface area contributed by atoms with Gasteiger partial charge in [0, 0.05) is 11.4 Å². The van der Waals surface area contributed by atoms with Crippen LogP contribution in [-0.4, -0.2) is 31.2 Å². The zero-order chi connectivity index (χ0) is 29.9. The Hall–Kier alpha value is -5.39. The maximum absolute atomic E-state index is 14.6. The number of aromatic amines is 2. The SMILES string of the molecule is CC1=NN(c2cccc(F)c2)C(=O)C1(c1c(C)[nH]n(-c2cccc(F)c2)c1=O)c1c(C)[nH]n(-c2cccc(F)c2)c1=O. The standard InChI is InChI=1S/C30H23F3N6O3/c1-16-25(27(40)37(34-16)22-10-4-7-19(31)13-22)30(18(3)36-39(29(30)42)24-12-6-9-21(33)15-24)26-17(2)35-38(28(26)41)23-11-5-8-20(32)14-23/h4-15,34-35H,1-3H3. The summed E-state index contributed by atoms with van der Waals surface area (Å²) in [6.07, 6.45) is 0. The fraction of sp³-hybridized carbons (Fsp3) is 0.133. The molecule has 2 N–H and O–H groups in total. The molecule has 1 aliphatic heterocycles. The van der Waals surface area contributed by atoms with Gasteiger partial charge in [-0.05, 0) is 75.4 Å². The third-order valence-electron chi connectivity index (χ3n) is 7.38. The molecule has 0 unspecified atom stereocenters. The zero-order valence-electron chi connectivity index (χ0n) is 22.6. The number of anilines is 1. The second-order valence-corrected chi connectivity index (χ2v) is 10.00. The van der Waals surface area contributed by atoms with Crippen LogP contribution in [0.4, 0.5) is 18.9 Å². The Morgan fingerprint density at radius 3 is 1.48 bits per heavy atom. The Labute approximate surface area is 236 Å². The lowest BCUT2D eigenvalue weighted by Crippen LogP contribution is -2.50. The molecule has 1 aliphatic rings. The van der Waals surface area contributed by atoms with Crippen molar-refractivity contribution in [2.45, 2.75) is 26.2 Å². The number of amides is 1. The molecule has 0 saturated carbocycles. The van der Waals surface area contributed by atoms with E-state index in [1.807, 2.05) is 0 Å². The van der Waals surface area contributed by atoms with Crippen LogP contribution in [0.15, 0.2) is 87.5 Å². The molecule has 0 atom stereocenters. The lowest BCUT2D eigenvalue weighted by atomic mass is 9.71. The van der Waals surface area contributed by atoms with E-state index < -0.39 is 39.9 Å². The minimum atomic E-state index is -2.08. The lowest BCUT2D eigenvalue weighted by molar-refractivity contribution is -0.120. The molecule has 42 heavy (non-hydrogen) atoms. The highest BCUT2D eigenvalue weighted by molar-refractivity contribution is 6.25. The monoisotopic (exact) mass is 572 g/mol. The zero-order valence-corrected chi connectivity index (χ0v) is 22.6. The summed E-state index contributed by atoms with van der Waals surface area (Å²) in [5, 5.41) is 11.2. The van der Waals surface area contributed by atoms with E-state index >= 15 is 0 Å². The number of benzene rings is 3. The van der Waals surface area contributed by atoms with E-state index in [0.29, 0.717) is 0 Å². The van der Waals surface area contributed by atoms with Gasteiger partial charge < -0.3 is 0 Å². The average Bonchev–Trinajstić information content (AvgIpc) is 3.51. The van der Waals surface area contributed by atoms with Crippen LogP contribution in [0.2, 0.25) is 0 Å². The molecule has 0 saturated heterocycles. The molecule has 1 amide bonds. The second-order valence-electron chi connectivity index (χ2n) is 10.00. The van der Waals surface area contributed by atoms with E-state index in [1.54, 1.807) is 13.8 Å². The number of hydrazone groups is 1. The van der Waals surface area contributed by atoms with Crippen molar-refractivity contribution in [1.29, 1.82) is 0 Å². The highest BCUT2D eigenvalue weighted by Gasteiger charge is 2.58. The van der Waals surface area contributed by atoms with Gasteiger partial charge in [-0.1, -0.05) is 18.2 Å². The number of carbonyl (C=O) groups is 1. The van der Waals surface area contributed by atoms with Gasteiger partial charge in [0.05, 0.1) is 33.9 Å². The predicted octanol–water partition coefficient (Wildman–Crippen LogP) is 4.39. The molecule has 12 heteroatoms. The minimum Gasteiger partial charge on any atom is -0.295 e. The molecule has 0 fully saturated rings. The maximum Gasteiger partial charge on any atom is 0.276 e. The normalized spacial score (nSPS) is 14.5. The van der Waals surface area contributed by atoms with Crippen molar-refractivity contribution in [2.24, 2.45) is 5.10 Å². The van der Waals surface area contributed by atoms with Crippen molar-refractivity contribution >= 4 is 17.3 Å². The number of hydrogen-bond donors (Lipinski definition) is 2. The Bertz CT molecular complexity index is 1950. The Morgan fingerprint density at radius 2 is 1.05 bits per heavy atom. The largest absolute Gasteiger partial charge is 0.295 e. The molecule has 9 nitrogen and oxygen atoms in total. The molecule has 5 aromatic rings. The van der Waals surface area contributed by atoms with Gasteiger partial charge in [-0.3, -0.25) is 24.6 Å². The molecule has 0 aliphatic carbocycles. The van der Waals surface area contributed by atoms with Crippen molar-refractivity contribution in [2.75, 3.05) is 5.01 Å². The number of H-pyrrole nitrogens is 2. The number of nitrogens with zero attached hydrogens (tertiary/aromatic N) is 4. The molecule has 3 aromatic carbocycles. The first kappa shape index (κ1) is 26.8. The molecule has 6 rings (SSSR count). The summed E-state index contributed by atoms with van der Waals surface area (Å²) < 4.78 is 44.6.